The third-order valence-corrected chi connectivity index (χ3v) is 7.60. The topological polar surface area (TPSA) is 47.4 Å². The Bertz CT molecular complexity index is 1390. The number of amides is 1. The predicted octanol–water partition coefficient (Wildman–Crippen LogP) is 6.82. The second-order valence-corrected chi connectivity index (χ2v) is 10.2. The van der Waals surface area contributed by atoms with Crippen LogP contribution in [0.3, 0.4) is 0 Å². The summed E-state index contributed by atoms with van der Waals surface area (Å²) in [5.41, 5.74) is 5.00. The molecular weight excluding hydrogens is 489 g/mol. The number of unbranched alkanes of at least 4 members (excludes halogenated alkanes) is 1. The van der Waals surface area contributed by atoms with Gasteiger partial charge in [-0.15, -0.1) is 0 Å². The van der Waals surface area contributed by atoms with Crippen molar-refractivity contribution in [3.8, 4) is 5.75 Å². The van der Waals surface area contributed by atoms with E-state index in [0.29, 0.717) is 26.1 Å². The van der Waals surface area contributed by atoms with Crippen molar-refractivity contribution in [3.63, 3.8) is 0 Å². The number of hydrogen-bond donors (Lipinski definition) is 0. The van der Waals surface area contributed by atoms with Crippen molar-refractivity contribution >= 4 is 28.5 Å². The zero-order valence-electron chi connectivity index (χ0n) is 21.2. The van der Waals surface area contributed by atoms with Gasteiger partial charge in [-0.3, -0.25) is 4.79 Å². The van der Waals surface area contributed by atoms with Crippen molar-refractivity contribution in [2.75, 3.05) is 13.2 Å². The number of aryl methyl sites for hydroxylation is 3. The van der Waals surface area contributed by atoms with Crippen molar-refractivity contribution < 1.29 is 13.9 Å². The molecule has 1 amide bonds. The number of fused-ring (bicyclic) bond motifs is 1. The highest BCUT2D eigenvalue weighted by molar-refractivity contribution is 6.32. The molecule has 0 bridgehead atoms. The normalized spacial score (nSPS) is 15.6. The number of para-hydroxylation sites is 2. The lowest BCUT2D eigenvalue weighted by Crippen LogP contribution is -2.24. The summed E-state index contributed by atoms with van der Waals surface area (Å²) >= 11 is 6.27. The average molecular weight is 520 g/mol. The Balaban J connectivity index is 1.25. The van der Waals surface area contributed by atoms with Gasteiger partial charge in [-0.1, -0.05) is 35.9 Å². The van der Waals surface area contributed by atoms with Gasteiger partial charge in [0.15, 0.2) is 0 Å². The van der Waals surface area contributed by atoms with Gasteiger partial charge in [0.25, 0.3) is 0 Å². The van der Waals surface area contributed by atoms with Gasteiger partial charge >= 0.3 is 0 Å². The summed E-state index contributed by atoms with van der Waals surface area (Å²) in [6, 6.07) is 18.4. The van der Waals surface area contributed by atoms with Crippen LogP contribution in [0.4, 0.5) is 4.39 Å². The lowest BCUT2D eigenvalue weighted by atomic mass is 10.1. The SMILES string of the molecule is Cc1cc(OCCCCn2c(C3CC(=O)N(Cc4ccc(F)cc4)C3)nc3ccccc32)cc(C)c1Cl. The summed E-state index contributed by atoms with van der Waals surface area (Å²) in [4.78, 5) is 19.6. The molecule has 3 aromatic carbocycles. The molecule has 4 aromatic rings. The minimum absolute atomic E-state index is 0.0246. The second-order valence-electron chi connectivity index (χ2n) is 9.84. The van der Waals surface area contributed by atoms with Gasteiger partial charge in [0.05, 0.1) is 17.6 Å². The first kappa shape index (κ1) is 25.3. The van der Waals surface area contributed by atoms with Crippen LogP contribution in [0, 0.1) is 19.7 Å². The Morgan fingerprint density at radius 3 is 2.54 bits per heavy atom. The molecule has 1 aromatic heterocycles. The maximum Gasteiger partial charge on any atom is 0.223 e. The summed E-state index contributed by atoms with van der Waals surface area (Å²) in [7, 11) is 0. The van der Waals surface area contributed by atoms with Crippen LogP contribution in [0.5, 0.6) is 5.75 Å². The van der Waals surface area contributed by atoms with Gasteiger partial charge in [-0.2, -0.15) is 0 Å². The summed E-state index contributed by atoms with van der Waals surface area (Å²) in [5.74, 6) is 1.67. The van der Waals surface area contributed by atoms with Crippen molar-refractivity contribution in [1.82, 2.24) is 14.5 Å². The quantitative estimate of drug-likeness (QED) is 0.228. The van der Waals surface area contributed by atoms with E-state index in [0.717, 1.165) is 63.7 Å². The van der Waals surface area contributed by atoms with Gasteiger partial charge in [-0.05, 0) is 79.8 Å². The fourth-order valence-electron chi connectivity index (χ4n) is 5.10. The zero-order chi connectivity index (χ0) is 25.9. The highest BCUT2D eigenvalue weighted by atomic mass is 35.5. The fraction of sp³-hybridized carbons (Fsp3) is 0.333. The Labute approximate surface area is 221 Å². The smallest absolute Gasteiger partial charge is 0.223 e. The summed E-state index contributed by atoms with van der Waals surface area (Å²) < 4.78 is 21.5. The number of rotatable bonds is 9. The molecule has 37 heavy (non-hydrogen) atoms. The molecule has 0 radical (unpaired) electrons. The van der Waals surface area contributed by atoms with Gasteiger partial charge in [0.2, 0.25) is 5.91 Å². The number of nitrogens with zero attached hydrogens (tertiary/aromatic N) is 3. The van der Waals surface area contributed by atoms with Gasteiger partial charge in [-0.25, -0.2) is 9.37 Å². The third kappa shape index (κ3) is 5.64. The van der Waals surface area contributed by atoms with Crippen LogP contribution < -0.4 is 4.74 Å². The van der Waals surface area contributed by atoms with E-state index in [4.69, 9.17) is 21.3 Å². The van der Waals surface area contributed by atoms with Crippen molar-refractivity contribution in [3.05, 3.63) is 94.0 Å². The molecule has 0 N–H and O–H groups in total. The molecule has 0 saturated carbocycles. The van der Waals surface area contributed by atoms with E-state index in [1.807, 2.05) is 49.1 Å². The summed E-state index contributed by atoms with van der Waals surface area (Å²) in [6.07, 6.45) is 2.26. The lowest BCUT2D eigenvalue weighted by molar-refractivity contribution is -0.128. The Morgan fingerprint density at radius 1 is 1.05 bits per heavy atom. The molecule has 1 unspecified atom stereocenters. The van der Waals surface area contributed by atoms with E-state index in [9.17, 15) is 9.18 Å². The van der Waals surface area contributed by atoms with Crippen molar-refractivity contribution in [2.24, 2.45) is 0 Å². The zero-order valence-corrected chi connectivity index (χ0v) is 22.0. The predicted molar refractivity (Wildman–Crippen MR) is 145 cm³/mol. The first-order valence-corrected chi connectivity index (χ1v) is 13.1. The number of hydrogen-bond acceptors (Lipinski definition) is 3. The average Bonchev–Trinajstić information content (AvgIpc) is 3.43. The molecular formula is C30H31ClFN3O2. The molecule has 1 aliphatic heterocycles. The number of ether oxygens (including phenoxy) is 1. The second kappa shape index (κ2) is 10.9. The Hall–Kier alpha value is -3.38. The Kier molecular flexibility index (Phi) is 7.47. The van der Waals surface area contributed by atoms with Gasteiger partial charge in [0.1, 0.15) is 17.4 Å². The number of carbonyl (C=O) groups is 1. The summed E-state index contributed by atoms with van der Waals surface area (Å²) in [5, 5.41) is 0.786. The molecule has 2 heterocycles. The number of imidazole rings is 1. The van der Waals surface area contributed by atoms with Crippen LogP contribution in [-0.2, 0) is 17.9 Å². The Morgan fingerprint density at radius 2 is 1.78 bits per heavy atom. The van der Waals surface area contributed by atoms with Crippen LogP contribution in [0.1, 0.15) is 47.7 Å². The monoisotopic (exact) mass is 519 g/mol. The fourth-order valence-corrected chi connectivity index (χ4v) is 5.21. The molecule has 0 spiro atoms. The van der Waals surface area contributed by atoms with Gasteiger partial charge < -0.3 is 14.2 Å². The van der Waals surface area contributed by atoms with E-state index >= 15 is 0 Å². The minimum atomic E-state index is -0.271. The molecule has 1 fully saturated rings. The minimum Gasteiger partial charge on any atom is -0.494 e. The molecule has 1 saturated heterocycles. The van der Waals surface area contributed by atoms with Crippen LogP contribution in [0.2, 0.25) is 5.02 Å². The first-order valence-electron chi connectivity index (χ1n) is 12.8. The number of carbonyl (C=O) groups excluding carboxylic acids is 1. The van der Waals surface area contributed by atoms with E-state index in [2.05, 4.69) is 10.6 Å². The van der Waals surface area contributed by atoms with Crippen LogP contribution >= 0.6 is 11.6 Å². The number of benzene rings is 3. The van der Waals surface area contributed by atoms with E-state index in [1.165, 1.54) is 12.1 Å². The third-order valence-electron chi connectivity index (χ3n) is 7.01. The number of aromatic nitrogens is 2. The van der Waals surface area contributed by atoms with E-state index < -0.39 is 0 Å². The maximum absolute atomic E-state index is 13.3. The highest BCUT2D eigenvalue weighted by Gasteiger charge is 2.34. The van der Waals surface area contributed by atoms with E-state index in [1.54, 1.807) is 12.1 Å². The number of halogens is 2. The molecule has 7 heteroatoms. The van der Waals surface area contributed by atoms with Crippen LogP contribution in [0.15, 0.2) is 60.7 Å². The van der Waals surface area contributed by atoms with Crippen molar-refractivity contribution in [1.29, 1.82) is 0 Å². The van der Waals surface area contributed by atoms with Crippen molar-refractivity contribution in [2.45, 2.75) is 52.1 Å². The lowest BCUT2D eigenvalue weighted by Gasteiger charge is -2.17. The van der Waals surface area contributed by atoms with Crippen LogP contribution in [0.25, 0.3) is 11.0 Å². The number of likely N-dealkylation sites (tertiary alicyclic amines) is 1. The molecule has 1 atom stereocenters. The van der Waals surface area contributed by atoms with Gasteiger partial charge in [0, 0.05) is 37.0 Å². The molecule has 0 aliphatic carbocycles. The first-order chi connectivity index (χ1) is 17.9. The molecule has 5 nitrogen and oxygen atoms in total. The summed E-state index contributed by atoms with van der Waals surface area (Å²) in [6.45, 7) is 6.50. The largest absolute Gasteiger partial charge is 0.494 e. The van der Waals surface area contributed by atoms with E-state index in [-0.39, 0.29) is 17.6 Å². The standard InChI is InChI=1S/C30H31ClFN3O2/c1-20-15-25(16-21(2)29(20)31)37-14-6-5-13-35-27-8-4-3-7-26(27)33-30(35)23-17-28(36)34(19-23)18-22-9-11-24(32)12-10-22/h3-4,7-12,15-16,23H,5-6,13-14,17-19H2,1-2H3. The van der Waals surface area contributed by atoms with Crippen LogP contribution in [-0.4, -0.2) is 33.5 Å². The maximum atomic E-state index is 13.3. The molecule has 1 aliphatic rings. The highest BCUT2D eigenvalue weighted by Crippen LogP contribution is 2.32. The molecule has 5 rings (SSSR count). The molecule has 192 valence electrons.